The van der Waals surface area contributed by atoms with Crippen LogP contribution in [0.3, 0.4) is 0 Å². The Hall–Kier alpha value is -0.0800. The summed E-state index contributed by atoms with van der Waals surface area (Å²) in [6.07, 6.45) is 57.3. The Balaban J connectivity index is 4.87. The standard InChI is InChI=1S/C48H100NO/c1-4-7-10-13-16-19-24-29-34-39-44-49(45-40-35-30-25-20-17-14-11-8-5-2,46-41-36-31-26-21-18-15-12-9-6-3)47-42-37-32-27-22-23-28-33-38-43-48-50/h50H,4-48H2,1-3H3/q+1. The van der Waals surface area contributed by atoms with Crippen molar-refractivity contribution in [3.63, 3.8) is 0 Å². The molecule has 0 saturated carbocycles. The molecule has 0 atom stereocenters. The van der Waals surface area contributed by atoms with E-state index in [-0.39, 0.29) is 0 Å². The van der Waals surface area contributed by atoms with Gasteiger partial charge in [-0.2, -0.15) is 0 Å². The fourth-order valence-electron chi connectivity index (χ4n) is 8.45. The van der Waals surface area contributed by atoms with Gasteiger partial charge in [0.2, 0.25) is 0 Å². The summed E-state index contributed by atoms with van der Waals surface area (Å²) in [6.45, 7) is 13.2. The Bertz CT molecular complexity index is 531. The number of quaternary nitrogens is 1. The number of aliphatic hydroxyl groups is 1. The lowest BCUT2D eigenvalue weighted by atomic mass is 10.0. The highest BCUT2D eigenvalue weighted by Gasteiger charge is 2.25. The molecule has 0 unspecified atom stereocenters. The molecular formula is C48H100NO+. The average Bonchev–Trinajstić information content (AvgIpc) is 3.13. The maximum atomic E-state index is 9.01. The van der Waals surface area contributed by atoms with Crippen molar-refractivity contribution in [1.82, 2.24) is 0 Å². The Morgan fingerprint density at radius 1 is 0.220 bits per heavy atom. The van der Waals surface area contributed by atoms with Gasteiger partial charge in [0.1, 0.15) is 0 Å². The lowest BCUT2D eigenvalue weighted by Gasteiger charge is -2.40. The molecule has 1 N–H and O–H groups in total. The molecule has 0 heterocycles. The van der Waals surface area contributed by atoms with Gasteiger partial charge in [0.25, 0.3) is 0 Å². The Kier molecular flexibility index (Phi) is 43.3. The van der Waals surface area contributed by atoms with Gasteiger partial charge in [-0.3, -0.25) is 0 Å². The Morgan fingerprint density at radius 3 is 0.560 bits per heavy atom. The summed E-state index contributed by atoms with van der Waals surface area (Å²) in [5.74, 6) is 0. The second-order valence-corrected chi connectivity index (χ2v) is 17.0. The molecule has 2 heteroatoms. The zero-order chi connectivity index (χ0) is 36.3. The third-order valence-corrected chi connectivity index (χ3v) is 12.0. The van der Waals surface area contributed by atoms with Crippen molar-refractivity contribution < 1.29 is 9.59 Å². The minimum atomic E-state index is 0.373. The quantitative estimate of drug-likeness (QED) is 0.0494. The van der Waals surface area contributed by atoms with Crippen LogP contribution in [0.25, 0.3) is 0 Å². The van der Waals surface area contributed by atoms with Crippen molar-refractivity contribution >= 4 is 0 Å². The van der Waals surface area contributed by atoms with Gasteiger partial charge in [0.15, 0.2) is 0 Å². The smallest absolute Gasteiger partial charge is 0.0786 e. The number of nitrogens with zero attached hydrogens (tertiary/aromatic N) is 1. The molecule has 0 rings (SSSR count). The maximum absolute atomic E-state index is 9.01. The van der Waals surface area contributed by atoms with Gasteiger partial charge in [0.05, 0.1) is 26.2 Å². The zero-order valence-electron chi connectivity index (χ0n) is 35.7. The molecule has 2 nitrogen and oxygen atoms in total. The molecule has 0 spiro atoms. The van der Waals surface area contributed by atoms with Gasteiger partial charge in [-0.15, -0.1) is 0 Å². The topological polar surface area (TPSA) is 20.2 Å². The van der Waals surface area contributed by atoms with Crippen molar-refractivity contribution in [1.29, 1.82) is 0 Å². The lowest BCUT2D eigenvalue weighted by molar-refractivity contribution is -0.929. The molecule has 0 bridgehead atoms. The molecule has 0 amide bonds. The summed E-state index contributed by atoms with van der Waals surface area (Å²) in [5, 5.41) is 9.01. The summed E-state index contributed by atoms with van der Waals surface area (Å²) in [6, 6.07) is 0. The fraction of sp³-hybridized carbons (Fsp3) is 1.00. The summed E-state index contributed by atoms with van der Waals surface area (Å²) >= 11 is 0. The van der Waals surface area contributed by atoms with Gasteiger partial charge < -0.3 is 9.59 Å². The first-order valence-corrected chi connectivity index (χ1v) is 24.2. The number of aliphatic hydroxyl groups excluding tert-OH is 1. The van der Waals surface area contributed by atoms with Gasteiger partial charge in [0, 0.05) is 6.61 Å². The van der Waals surface area contributed by atoms with E-state index in [1.807, 2.05) is 0 Å². The molecule has 0 aliphatic heterocycles. The van der Waals surface area contributed by atoms with Crippen molar-refractivity contribution in [3.05, 3.63) is 0 Å². The van der Waals surface area contributed by atoms with Gasteiger partial charge in [-0.1, -0.05) is 220 Å². The number of hydrogen-bond donors (Lipinski definition) is 1. The molecule has 0 radical (unpaired) electrons. The molecule has 0 aromatic rings. The largest absolute Gasteiger partial charge is 0.396 e. The second kappa shape index (κ2) is 43.3. The number of rotatable bonds is 45. The first-order chi connectivity index (χ1) is 24.7. The number of unbranched alkanes of at least 4 members (excludes halogenated alkanes) is 36. The second-order valence-electron chi connectivity index (χ2n) is 17.0. The summed E-state index contributed by atoms with van der Waals surface area (Å²) in [5.41, 5.74) is 0. The van der Waals surface area contributed by atoms with E-state index in [1.54, 1.807) is 0 Å². The van der Waals surface area contributed by atoms with Gasteiger partial charge in [-0.25, -0.2) is 0 Å². The summed E-state index contributed by atoms with van der Waals surface area (Å²) in [7, 11) is 0. The van der Waals surface area contributed by atoms with E-state index < -0.39 is 0 Å². The monoisotopic (exact) mass is 707 g/mol. The van der Waals surface area contributed by atoms with Crippen molar-refractivity contribution in [3.8, 4) is 0 Å². The highest BCUT2D eigenvalue weighted by Crippen LogP contribution is 2.22. The molecule has 0 aromatic carbocycles. The van der Waals surface area contributed by atoms with E-state index in [0.29, 0.717) is 6.61 Å². The minimum absolute atomic E-state index is 0.373. The van der Waals surface area contributed by atoms with Crippen molar-refractivity contribution in [2.75, 3.05) is 32.8 Å². The van der Waals surface area contributed by atoms with E-state index in [4.69, 9.17) is 5.11 Å². The first kappa shape index (κ1) is 49.9. The average molecular weight is 707 g/mol. The highest BCUT2D eigenvalue weighted by molar-refractivity contribution is 4.56. The van der Waals surface area contributed by atoms with Crippen LogP contribution in [0, 0.1) is 0 Å². The zero-order valence-corrected chi connectivity index (χ0v) is 35.7. The molecule has 0 aromatic heterocycles. The Morgan fingerprint density at radius 2 is 0.380 bits per heavy atom. The van der Waals surface area contributed by atoms with E-state index in [1.165, 1.54) is 281 Å². The summed E-state index contributed by atoms with van der Waals surface area (Å²) < 4.78 is 1.47. The fourth-order valence-corrected chi connectivity index (χ4v) is 8.45. The molecule has 0 aliphatic rings. The van der Waals surface area contributed by atoms with Crippen molar-refractivity contribution in [2.24, 2.45) is 0 Å². The van der Waals surface area contributed by atoms with E-state index in [0.717, 1.165) is 6.42 Å². The first-order valence-electron chi connectivity index (χ1n) is 24.2. The van der Waals surface area contributed by atoms with Crippen LogP contribution in [-0.4, -0.2) is 42.4 Å². The maximum Gasteiger partial charge on any atom is 0.0786 e. The normalized spacial score (nSPS) is 12.0. The van der Waals surface area contributed by atoms with E-state index in [9.17, 15) is 0 Å². The van der Waals surface area contributed by atoms with Crippen LogP contribution >= 0.6 is 0 Å². The van der Waals surface area contributed by atoms with Crippen LogP contribution in [0.4, 0.5) is 0 Å². The minimum Gasteiger partial charge on any atom is -0.396 e. The Labute approximate surface area is 319 Å². The van der Waals surface area contributed by atoms with Crippen LogP contribution in [0.15, 0.2) is 0 Å². The van der Waals surface area contributed by atoms with E-state index >= 15 is 0 Å². The van der Waals surface area contributed by atoms with Gasteiger partial charge >= 0.3 is 0 Å². The van der Waals surface area contributed by atoms with Crippen LogP contribution in [0.1, 0.15) is 278 Å². The third kappa shape index (κ3) is 37.7. The molecular weight excluding hydrogens is 607 g/mol. The molecule has 0 aliphatic carbocycles. The SMILES string of the molecule is CCCCCCCCCCCC[N+](CCCCCCCCCCCC)(CCCCCCCCCCCC)CCCCCCCCCCCCO. The van der Waals surface area contributed by atoms with Gasteiger partial charge in [-0.05, 0) is 57.8 Å². The van der Waals surface area contributed by atoms with Crippen molar-refractivity contribution in [2.45, 2.75) is 278 Å². The lowest BCUT2D eigenvalue weighted by Crippen LogP contribution is -2.50. The summed E-state index contributed by atoms with van der Waals surface area (Å²) in [4.78, 5) is 0. The molecule has 0 fully saturated rings. The van der Waals surface area contributed by atoms with Crippen LogP contribution < -0.4 is 0 Å². The molecule has 302 valence electrons. The highest BCUT2D eigenvalue weighted by atomic mass is 16.2. The third-order valence-electron chi connectivity index (χ3n) is 12.0. The van der Waals surface area contributed by atoms with Crippen LogP contribution in [-0.2, 0) is 0 Å². The van der Waals surface area contributed by atoms with Crippen LogP contribution in [0.2, 0.25) is 0 Å². The molecule has 50 heavy (non-hydrogen) atoms. The van der Waals surface area contributed by atoms with Crippen LogP contribution in [0.5, 0.6) is 0 Å². The molecule has 0 saturated heterocycles. The predicted molar refractivity (Wildman–Crippen MR) is 229 cm³/mol. The number of hydrogen-bond acceptors (Lipinski definition) is 1. The predicted octanol–water partition coefficient (Wildman–Crippen LogP) is 16.5. The van der Waals surface area contributed by atoms with E-state index in [2.05, 4.69) is 20.8 Å².